The second kappa shape index (κ2) is 9.90. The largest absolute Gasteiger partial charge is 0.506 e. The van der Waals surface area contributed by atoms with Gasteiger partial charge in [0, 0.05) is 13.0 Å². The van der Waals surface area contributed by atoms with Gasteiger partial charge in [-0.1, -0.05) is 5.16 Å². The van der Waals surface area contributed by atoms with Crippen LogP contribution >= 0.6 is 63.7 Å². The minimum absolute atomic E-state index is 0.0486. The zero-order chi connectivity index (χ0) is 20.1. The molecule has 144 valence electrons. The van der Waals surface area contributed by atoms with Crippen molar-refractivity contribution in [3.05, 3.63) is 53.3 Å². The van der Waals surface area contributed by atoms with Crippen LogP contribution in [0.2, 0.25) is 0 Å². The maximum atomic E-state index is 12.3. The monoisotopic (exact) mass is 626 g/mol. The summed E-state index contributed by atoms with van der Waals surface area (Å²) in [5, 5.41) is 34.4. The lowest BCUT2D eigenvalue weighted by Crippen LogP contribution is -2.33. The van der Waals surface area contributed by atoms with E-state index in [-0.39, 0.29) is 23.6 Å². The fourth-order valence-electron chi connectivity index (χ4n) is 2.26. The zero-order valence-corrected chi connectivity index (χ0v) is 20.0. The van der Waals surface area contributed by atoms with Gasteiger partial charge in [0.25, 0.3) is 5.91 Å². The Balaban J connectivity index is 1.98. The van der Waals surface area contributed by atoms with Crippen molar-refractivity contribution in [2.24, 2.45) is 5.16 Å². The molecule has 2 rings (SSSR count). The summed E-state index contributed by atoms with van der Waals surface area (Å²) in [4.78, 5) is 12.3. The van der Waals surface area contributed by atoms with Crippen LogP contribution in [0.3, 0.4) is 0 Å². The second-order valence-electron chi connectivity index (χ2n) is 5.55. The molecule has 0 aromatic heterocycles. The average Bonchev–Trinajstić information content (AvgIpc) is 2.61. The molecule has 0 spiro atoms. The molecule has 2 aromatic carbocycles. The Bertz CT molecular complexity index is 856. The Morgan fingerprint density at radius 3 is 1.78 bits per heavy atom. The minimum Gasteiger partial charge on any atom is -0.506 e. The molecule has 0 aliphatic heterocycles. The number of benzene rings is 2. The molecule has 0 atom stereocenters. The van der Waals surface area contributed by atoms with E-state index in [2.05, 4.69) is 74.2 Å². The normalized spacial score (nSPS) is 11.5. The van der Waals surface area contributed by atoms with Crippen molar-refractivity contribution < 1.29 is 20.2 Å². The van der Waals surface area contributed by atoms with Gasteiger partial charge >= 0.3 is 0 Å². The molecule has 6 nitrogen and oxygen atoms in total. The number of rotatable bonds is 6. The van der Waals surface area contributed by atoms with E-state index in [4.69, 9.17) is 0 Å². The number of nitrogens with one attached hydrogen (secondary N) is 1. The third-order valence-corrected chi connectivity index (χ3v) is 6.02. The number of phenolic OH excluding ortho intramolecular Hbond substituents is 2. The van der Waals surface area contributed by atoms with Crippen LogP contribution in [0.1, 0.15) is 11.1 Å². The maximum Gasteiger partial charge on any atom is 0.269 e. The van der Waals surface area contributed by atoms with Gasteiger partial charge < -0.3 is 20.7 Å². The fourth-order valence-corrected chi connectivity index (χ4v) is 4.82. The van der Waals surface area contributed by atoms with Gasteiger partial charge in [-0.15, -0.1) is 0 Å². The van der Waals surface area contributed by atoms with Crippen LogP contribution in [-0.4, -0.2) is 33.6 Å². The van der Waals surface area contributed by atoms with Crippen LogP contribution in [0.15, 0.2) is 47.3 Å². The number of hydrogen-bond acceptors (Lipinski definition) is 5. The van der Waals surface area contributed by atoms with Gasteiger partial charge in [0.2, 0.25) is 0 Å². The first-order valence-corrected chi connectivity index (χ1v) is 10.7. The molecule has 0 radical (unpaired) electrons. The lowest BCUT2D eigenvalue weighted by atomic mass is 10.1. The number of hydrogen-bond donors (Lipinski definition) is 4. The molecule has 2 aromatic rings. The molecule has 0 heterocycles. The SMILES string of the molecule is O=C(NCCc1cc(Br)c(O)c(Br)c1)/C(Cc1cc(Br)c(O)c(Br)c1)=N\O. The molecule has 0 aliphatic rings. The van der Waals surface area contributed by atoms with E-state index in [1.165, 1.54) is 0 Å². The number of carbonyl (C=O) groups is 1. The van der Waals surface area contributed by atoms with Gasteiger partial charge in [0.1, 0.15) is 17.2 Å². The molecule has 0 aliphatic carbocycles. The predicted molar refractivity (Wildman–Crippen MR) is 117 cm³/mol. The summed E-state index contributed by atoms with van der Waals surface area (Å²) in [5.41, 5.74) is 1.54. The second-order valence-corrected chi connectivity index (χ2v) is 8.96. The lowest BCUT2D eigenvalue weighted by molar-refractivity contribution is -0.115. The molecule has 0 fully saturated rings. The van der Waals surface area contributed by atoms with Crippen molar-refractivity contribution in [1.82, 2.24) is 5.32 Å². The van der Waals surface area contributed by atoms with Crippen molar-refractivity contribution in [2.75, 3.05) is 6.54 Å². The van der Waals surface area contributed by atoms with Crippen molar-refractivity contribution in [1.29, 1.82) is 0 Å². The number of halogens is 4. The number of oxime groups is 1. The Hall–Kier alpha value is -1.10. The third kappa shape index (κ3) is 5.94. The third-order valence-electron chi connectivity index (χ3n) is 3.61. The van der Waals surface area contributed by atoms with Crippen molar-refractivity contribution in [3.63, 3.8) is 0 Å². The van der Waals surface area contributed by atoms with E-state index >= 15 is 0 Å². The van der Waals surface area contributed by atoms with E-state index in [0.717, 1.165) is 5.56 Å². The summed E-state index contributed by atoms with van der Waals surface area (Å²) < 4.78 is 2.04. The van der Waals surface area contributed by atoms with E-state index in [1.807, 2.05) is 0 Å². The molecular formula is C17H14Br4N2O4. The molecule has 0 saturated carbocycles. The van der Waals surface area contributed by atoms with E-state index in [1.54, 1.807) is 24.3 Å². The maximum absolute atomic E-state index is 12.3. The van der Waals surface area contributed by atoms with Crippen LogP contribution in [0.4, 0.5) is 0 Å². The Morgan fingerprint density at radius 2 is 1.33 bits per heavy atom. The smallest absolute Gasteiger partial charge is 0.269 e. The lowest BCUT2D eigenvalue weighted by Gasteiger charge is -2.10. The number of amides is 1. The van der Waals surface area contributed by atoms with E-state index in [0.29, 0.717) is 36.4 Å². The van der Waals surface area contributed by atoms with Gasteiger partial charge in [-0.25, -0.2) is 0 Å². The Labute approximate surface area is 189 Å². The quantitative estimate of drug-likeness (QED) is 0.208. The van der Waals surface area contributed by atoms with Crippen LogP contribution in [0.25, 0.3) is 0 Å². The van der Waals surface area contributed by atoms with Crippen LogP contribution < -0.4 is 5.32 Å². The summed E-state index contributed by atoms with van der Waals surface area (Å²) in [7, 11) is 0. The van der Waals surface area contributed by atoms with Gasteiger partial charge in [-0.05, 0) is 106 Å². The van der Waals surface area contributed by atoms with Crippen LogP contribution in [0, 0.1) is 0 Å². The van der Waals surface area contributed by atoms with Gasteiger partial charge in [0.15, 0.2) is 0 Å². The summed E-state index contributed by atoms with van der Waals surface area (Å²) in [5.74, 6) is -0.324. The number of aromatic hydroxyl groups is 2. The summed E-state index contributed by atoms with van der Waals surface area (Å²) in [6.07, 6.45) is 0.619. The van der Waals surface area contributed by atoms with E-state index < -0.39 is 5.91 Å². The molecule has 0 bridgehead atoms. The highest BCUT2D eigenvalue weighted by Gasteiger charge is 2.15. The molecule has 0 unspecified atom stereocenters. The highest BCUT2D eigenvalue weighted by molar-refractivity contribution is 9.11. The van der Waals surface area contributed by atoms with Crippen molar-refractivity contribution in [3.8, 4) is 11.5 Å². The number of nitrogens with zero attached hydrogens (tertiary/aromatic N) is 1. The molecule has 0 saturated heterocycles. The first-order valence-electron chi connectivity index (χ1n) is 7.55. The molecule has 10 heteroatoms. The topological polar surface area (TPSA) is 102 Å². The van der Waals surface area contributed by atoms with Gasteiger partial charge in [-0.2, -0.15) is 0 Å². The predicted octanol–water partition coefficient (Wildman–Crippen LogP) is 4.88. The minimum atomic E-state index is -0.491. The zero-order valence-electron chi connectivity index (χ0n) is 13.6. The van der Waals surface area contributed by atoms with Gasteiger partial charge in [-0.3, -0.25) is 4.79 Å². The summed E-state index contributed by atoms with van der Waals surface area (Å²) >= 11 is 13.0. The summed E-state index contributed by atoms with van der Waals surface area (Å²) in [6, 6.07) is 6.81. The highest BCUT2D eigenvalue weighted by Crippen LogP contribution is 2.34. The average molecular weight is 630 g/mol. The molecule has 4 N–H and O–H groups in total. The highest BCUT2D eigenvalue weighted by atomic mass is 79.9. The first-order chi connectivity index (χ1) is 12.7. The van der Waals surface area contributed by atoms with Gasteiger partial charge in [0.05, 0.1) is 17.9 Å². The van der Waals surface area contributed by atoms with Crippen molar-refractivity contribution >= 4 is 75.3 Å². The van der Waals surface area contributed by atoms with Crippen LogP contribution in [0.5, 0.6) is 11.5 Å². The van der Waals surface area contributed by atoms with Crippen LogP contribution in [-0.2, 0) is 17.6 Å². The Morgan fingerprint density at radius 1 is 0.889 bits per heavy atom. The van der Waals surface area contributed by atoms with E-state index in [9.17, 15) is 20.2 Å². The first kappa shape index (κ1) is 22.2. The molecule has 1 amide bonds. The number of carbonyl (C=O) groups excluding carboxylic acids is 1. The fraction of sp³-hybridized carbons (Fsp3) is 0.176. The molecule has 27 heavy (non-hydrogen) atoms. The molecular weight excluding hydrogens is 616 g/mol. The Kier molecular flexibility index (Phi) is 8.14. The number of phenols is 2. The van der Waals surface area contributed by atoms with Crippen molar-refractivity contribution in [2.45, 2.75) is 12.8 Å². The standard InChI is InChI=1S/C17H14Br4N2O4/c18-10-3-8(4-11(19)15(10)24)1-2-22-17(26)14(23-27)7-9-5-12(20)16(25)13(21)6-9/h3-6,24-25,27H,1-2,7H2,(H,22,26)/b23-14-. The summed E-state index contributed by atoms with van der Waals surface area (Å²) in [6.45, 7) is 0.324.